The fourth-order valence-corrected chi connectivity index (χ4v) is 2.64. The number of carbonyl (C=O) groups excluding carboxylic acids is 2. The minimum Gasteiger partial charge on any atom is -0.491 e. The van der Waals surface area contributed by atoms with E-state index in [0.29, 0.717) is 35.8 Å². The lowest BCUT2D eigenvalue weighted by atomic mass is 10.1. The normalized spacial score (nSPS) is 10.8. The van der Waals surface area contributed by atoms with Crippen molar-refractivity contribution in [2.75, 3.05) is 25.6 Å². The molecule has 0 aromatic heterocycles. The monoisotopic (exact) mass is 429 g/mol. The molecule has 160 valence electrons. The van der Waals surface area contributed by atoms with Crippen LogP contribution in [0.15, 0.2) is 48.5 Å². The topological polar surface area (TPSA) is 88.7 Å². The fourth-order valence-electron chi connectivity index (χ4n) is 2.43. The van der Waals surface area contributed by atoms with E-state index >= 15 is 0 Å². The van der Waals surface area contributed by atoms with Crippen molar-refractivity contribution >= 4 is 34.8 Å². The number of methoxy groups -OCH3 is 1. The molecule has 0 aliphatic heterocycles. The van der Waals surface area contributed by atoms with Crippen molar-refractivity contribution < 1.29 is 19.1 Å². The first-order valence-corrected chi connectivity index (χ1v) is 9.85. The van der Waals surface area contributed by atoms with E-state index in [-0.39, 0.29) is 22.5 Å². The number of anilines is 1. The van der Waals surface area contributed by atoms with Crippen LogP contribution in [0.2, 0.25) is 0 Å². The SMILES string of the molecule is COCCOc1ccc(C(=O)NC(=S)Nc2cccc(C(=O)NC(C)(C)C)c2)cc1. The van der Waals surface area contributed by atoms with E-state index in [4.69, 9.17) is 21.7 Å². The zero-order valence-corrected chi connectivity index (χ0v) is 18.4. The molecule has 0 radical (unpaired) electrons. The van der Waals surface area contributed by atoms with Gasteiger partial charge in [0.2, 0.25) is 0 Å². The number of ether oxygens (including phenoxy) is 2. The maximum atomic E-state index is 12.4. The number of rotatable bonds is 7. The van der Waals surface area contributed by atoms with Gasteiger partial charge in [-0.05, 0) is 75.5 Å². The second kappa shape index (κ2) is 10.7. The molecule has 2 aromatic carbocycles. The van der Waals surface area contributed by atoms with Gasteiger partial charge in [0, 0.05) is 29.5 Å². The number of amides is 2. The summed E-state index contributed by atoms with van der Waals surface area (Å²) >= 11 is 5.22. The minimum absolute atomic E-state index is 0.133. The molecular formula is C22H27N3O4S. The summed E-state index contributed by atoms with van der Waals surface area (Å²) in [5, 5.41) is 8.59. The van der Waals surface area contributed by atoms with Gasteiger partial charge in [0.15, 0.2) is 5.11 Å². The Balaban J connectivity index is 1.93. The average Bonchev–Trinajstić information content (AvgIpc) is 2.67. The molecule has 0 bridgehead atoms. The molecule has 2 amide bonds. The molecule has 0 heterocycles. The third-order valence-corrected chi connectivity index (χ3v) is 3.98. The Kier molecular flexibility index (Phi) is 8.32. The van der Waals surface area contributed by atoms with E-state index in [1.165, 1.54) is 0 Å². The van der Waals surface area contributed by atoms with Crippen molar-refractivity contribution in [3.8, 4) is 5.75 Å². The van der Waals surface area contributed by atoms with E-state index < -0.39 is 0 Å². The van der Waals surface area contributed by atoms with Gasteiger partial charge in [-0.25, -0.2) is 0 Å². The molecule has 2 rings (SSSR count). The van der Waals surface area contributed by atoms with Crippen LogP contribution in [0.4, 0.5) is 5.69 Å². The van der Waals surface area contributed by atoms with Gasteiger partial charge in [-0.15, -0.1) is 0 Å². The zero-order chi connectivity index (χ0) is 22.1. The summed E-state index contributed by atoms with van der Waals surface area (Å²) < 4.78 is 10.4. The Morgan fingerprint density at radius 1 is 0.967 bits per heavy atom. The highest BCUT2D eigenvalue weighted by Gasteiger charge is 2.15. The predicted molar refractivity (Wildman–Crippen MR) is 121 cm³/mol. The van der Waals surface area contributed by atoms with Crippen LogP contribution < -0.4 is 20.7 Å². The first-order valence-electron chi connectivity index (χ1n) is 9.44. The highest BCUT2D eigenvalue weighted by Crippen LogP contribution is 2.14. The smallest absolute Gasteiger partial charge is 0.257 e. The van der Waals surface area contributed by atoms with Gasteiger partial charge < -0.3 is 20.1 Å². The van der Waals surface area contributed by atoms with Crippen LogP contribution in [0.1, 0.15) is 41.5 Å². The second-order valence-corrected chi connectivity index (χ2v) is 7.97. The van der Waals surface area contributed by atoms with Crippen LogP contribution >= 0.6 is 12.2 Å². The Morgan fingerprint density at radius 3 is 2.30 bits per heavy atom. The van der Waals surface area contributed by atoms with Gasteiger partial charge in [-0.3, -0.25) is 14.9 Å². The maximum Gasteiger partial charge on any atom is 0.257 e. The van der Waals surface area contributed by atoms with Crippen LogP contribution in [-0.4, -0.2) is 42.8 Å². The van der Waals surface area contributed by atoms with Crippen molar-refractivity contribution in [1.29, 1.82) is 0 Å². The number of carbonyl (C=O) groups is 2. The molecular weight excluding hydrogens is 402 g/mol. The molecule has 0 aliphatic rings. The van der Waals surface area contributed by atoms with Crippen molar-refractivity contribution in [2.45, 2.75) is 26.3 Å². The number of benzene rings is 2. The summed E-state index contributed by atoms with van der Waals surface area (Å²) in [7, 11) is 1.60. The second-order valence-electron chi connectivity index (χ2n) is 7.56. The lowest BCUT2D eigenvalue weighted by Gasteiger charge is -2.20. The summed E-state index contributed by atoms with van der Waals surface area (Å²) in [5.74, 6) is 0.112. The Morgan fingerprint density at radius 2 is 1.67 bits per heavy atom. The highest BCUT2D eigenvalue weighted by atomic mass is 32.1. The number of thiocarbonyl (C=S) groups is 1. The molecule has 0 aliphatic carbocycles. The van der Waals surface area contributed by atoms with Crippen LogP contribution in [0.25, 0.3) is 0 Å². The fraction of sp³-hybridized carbons (Fsp3) is 0.318. The van der Waals surface area contributed by atoms with Crippen LogP contribution in [0.5, 0.6) is 5.75 Å². The molecule has 0 fully saturated rings. The van der Waals surface area contributed by atoms with E-state index in [2.05, 4.69) is 16.0 Å². The van der Waals surface area contributed by atoms with Crippen molar-refractivity contribution in [3.63, 3.8) is 0 Å². The predicted octanol–water partition coefficient (Wildman–Crippen LogP) is 3.37. The van der Waals surface area contributed by atoms with Crippen LogP contribution in [-0.2, 0) is 4.74 Å². The van der Waals surface area contributed by atoms with Crippen molar-refractivity contribution in [1.82, 2.24) is 10.6 Å². The van der Waals surface area contributed by atoms with E-state index in [1.807, 2.05) is 20.8 Å². The molecule has 30 heavy (non-hydrogen) atoms. The lowest BCUT2D eigenvalue weighted by molar-refractivity contribution is 0.0918. The van der Waals surface area contributed by atoms with Crippen molar-refractivity contribution in [2.24, 2.45) is 0 Å². The summed E-state index contributed by atoms with van der Waals surface area (Å²) in [5.41, 5.74) is 1.20. The van der Waals surface area contributed by atoms with E-state index in [0.717, 1.165) is 0 Å². The van der Waals surface area contributed by atoms with Gasteiger partial charge in [-0.2, -0.15) is 0 Å². The highest BCUT2D eigenvalue weighted by molar-refractivity contribution is 7.80. The van der Waals surface area contributed by atoms with E-state index in [1.54, 1.807) is 55.6 Å². The molecule has 0 spiro atoms. The quantitative estimate of drug-likeness (QED) is 0.462. The number of hydrogen-bond donors (Lipinski definition) is 3. The van der Waals surface area contributed by atoms with Crippen molar-refractivity contribution in [3.05, 3.63) is 59.7 Å². The first kappa shape index (κ1) is 23.3. The summed E-state index contributed by atoms with van der Waals surface area (Å²) in [6, 6.07) is 13.6. The van der Waals surface area contributed by atoms with Gasteiger partial charge in [0.05, 0.1) is 6.61 Å². The molecule has 0 atom stereocenters. The van der Waals surface area contributed by atoms with Gasteiger partial charge in [0.1, 0.15) is 12.4 Å². The summed E-state index contributed by atoms with van der Waals surface area (Å²) in [6.07, 6.45) is 0. The van der Waals surface area contributed by atoms with Gasteiger partial charge in [-0.1, -0.05) is 6.07 Å². The largest absolute Gasteiger partial charge is 0.491 e. The number of hydrogen-bond acceptors (Lipinski definition) is 5. The minimum atomic E-state index is -0.349. The van der Waals surface area contributed by atoms with Crippen LogP contribution in [0, 0.1) is 0 Å². The zero-order valence-electron chi connectivity index (χ0n) is 17.6. The molecule has 7 nitrogen and oxygen atoms in total. The third-order valence-electron chi connectivity index (χ3n) is 3.77. The summed E-state index contributed by atoms with van der Waals surface area (Å²) in [6.45, 7) is 6.66. The van der Waals surface area contributed by atoms with Gasteiger partial charge >= 0.3 is 0 Å². The molecule has 0 unspecified atom stereocenters. The van der Waals surface area contributed by atoms with Gasteiger partial charge in [0.25, 0.3) is 11.8 Å². The Labute approximate surface area is 182 Å². The summed E-state index contributed by atoms with van der Waals surface area (Å²) in [4.78, 5) is 24.7. The van der Waals surface area contributed by atoms with Crippen LogP contribution in [0.3, 0.4) is 0 Å². The first-order chi connectivity index (χ1) is 14.2. The number of nitrogens with one attached hydrogen (secondary N) is 3. The molecule has 8 heteroatoms. The third kappa shape index (κ3) is 7.81. The maximum absolute atomic E-state index is 12.4. The Bertz CT molecular complexity index is 892. The lowest BCUT2D eigenvalue weighted by Crippen LogP contribution is -2.40. The average molecular weight is 430 g/mol. The van der Waals surface area contributed by atoms with E-state index in [9.17, 15) is 9.59 Å². The molecule has 2 aromatic rings. The Hall–Kier alpha value is -2.97. The molecule has 0 saturated heterocycles. The molecule has 0 saturated carbocycles. The standard InChI is InChI=1S/C22H27N3O4S/c1-22(2,3)25-20(27)16-6-5-7-17(14-16)23-21(30)24-19(26)15-8-10-18(11-9-15)29-13-12-28-4/h5-11,14H,12-13H2,1-4H3,(H,25,27)(H2,23,24,26,30). The molecule has 3 N–H and O–H groups in total.